The molecule has 1 spiro atoms. The maximum atomic E-state index is 14.8. The Morgan fingerprint density at radius 1 is 0.927 bits per heavy atom. The summed E-state index contributed by atoms with van der Waals surface area (Å²) in [5, 5.41) is 2.40. The first kappa shape index (κ1) is 25.7. The molecule has 7 rings (SSSR count). The third kappa shape index (κ3) is 3.46. The number of ketones is 3. The van der Waals surface area contributed by atoms with Gasteiger partial charge in [-0.1, -0.05) is 54.1 Å². The quantitative estimate of drug-likeness (QED) is 0.192. The lowest BCUT2D eigenvalue weighted by atomic mass is 9.64. The Morgan fingerprint density at radius 3 is 2.34 bits per heavy atom. The van der Waals surface area contributed by atoms with Crippen molar-refractivity contribution in [1.82, 2.24) is 0 Å². The molecule has 0 unspecified atom stereocenters. The number of benzene rings is 3. The van der Waals surface area contributed by atoms with Crippen molar-refractivity contribution in [3.63, 3.8) is 0 Å². The number of nitrogens with zero attached hydrogens (tertiary/aromatic N) is 1. The van der Waals surface area contributed by atoms with Crippen molar-refractivity contribution >= 4 is 52.1 Å². The van der Waals surface area contributed by atoms with Gasteiger partial charge in [0, 0.05) is 33.3 Å². The van der Waals surface area contributed by atoms with E-state index in [1.54, 1.807) is 68.8 Å². The van der Waals surface area contributed by atoms with Crippen molar-refractivity contribution < 1.29 is 23.9 Å². The zero-order chi connectivity index (χ0) is 28.5. The summed E-state index contributed by atoms with van der Waals surface area (Å²) in [7, 11) is 3.10. The maximum Gasteiger partial charge on any atom is 0.195 e. The topological polar surface area (TPSA) is 72.9 Å². The number of halogens is 1. The van der Waals surface area contributed by atoms with Gasteiger partial charge in [0.2, 0.25) is 0 Å². The van der Waals surface area contributed by atoms with Crippen LogP contribution in [0.25, 0.3) is 6.08 Å². The van der Waals surface area contributed by atoms with Crippen LogP contribution in [0, 0.1) is 5.41 Å². The number of rotatable bonds is 5. The predicted octanol–water partition coefficient (Wildman–Crippen LogP) is 6.74. The molecule has 6 nitrogen and oxygen atoms in total. The molecule has 3 atom stereocenters. The van der Waals surface area contributed by atoms with Gasteiger partial charge < -0.3 is 14.4 Å². The molecule has 0 radical (unpaired) electrons. The Morgan fingerprint density at radius 2 is 1.68 bits per heavy atom. The number of Topliss-reactive ketones (excluding diaryl/α,β-unsaturated/α-hetero) is 3. The van der Waals surface area contributed by atoms with Crippen LogP contribution in [-0.2, 0) is 0 Å². The molecule has 0 amide bonds. The van der Waals surface area contributed by atoms with Gasteiger partial charge in [0.25, 0.3) is 0 Å². The van der Waals surface area contributed by atoms with E-state index in [0.717, 1.165) is 11.3 Å². The minimum Gasteiger partial charge on any atom is -0.497 e. The Labute approximate surface area is 245 Å². The monoisotopic (exact) mass is 581 g/mol. The van der Waals surface area contributed by atoms with E-state index in [0.29, 0.717) is 38.1 Å². The average Bonchev–Trinajstić information content (AvgIpc) is 3.70. The molecule has 3 aromatic carbocycles. The second-order valence-corrected chi connectivity index (χ2v) is 11.7. The predicted molar refractivity (Wildman–Crippen MR) is 159 cm³/mol. The van der Waals surface area contributed by atoms with E-state index >= 15 is 0 Å². The van der Waals surface area contributed by atoms with Crippen molar-refractivity contribution in [2.75, 3.05) is 19.1 Å². The summed E-state index contributed by atoms with van der Waals surface area (Å²) in [4.78, 5) is 46.6. The molecular formula is C33H24ClNO5S. The van der Waals surface area contributed by atoms with Gasteiger partial charge in [0.1, 0.15) is 23.0 Å². The number of ether oxygens (including phenoxy) is 2. The second kappa shape index (κ2) is 9.43. The van der Waals surface area contributed by atoms with E-state index in [4.69, 9.17) is 21.1 Å². The summed E-state index contributed by atoms with van der Waals surface area (Å²) < 4.78 is 11.4. The molecule has 3 heterocycles. The molecule has 204 valence electrons. The summed E-state index contributed by atoms with van der Waals surface area (Å²) in [5.74, 6) is -0.675. The first-order chi connectivity index (χ1) is 19.9. The lowest BCUT2D eigenvalue weighted by molar-refractivity contribution is 0.0664. The van der Waals surface area contributed by atoms with Crippen LogP contribution in [0.5, 0.6) is 11.5 Å². The molecule has 1 aromatic heterocycles. The van der Waals surface area contributed by atoms with E-state index < -0.39 is 23.4 Å². The van der Waals surface area contributed by atoms with Gasteiger partial charge >= 0.3 is 0 Å². The van der Waals surface area contributed by atoms with Crippen molar-refractivity contribution in [2.24, 2.45) is 5.41 Å². The highest BCUT2D eigenvalue weighted by atomic mass is 35.5. The van der Waals surface area contributed by atoms with Gasteiger partial charge in [-0.05, 0) is 53.4 Å². The normalized spacial score (nSPS) is 21.5. The fourth-order valence-corrected chi connectivity index (χ4v) is 7.82. The summed E-state index contributed by atoms with van der Waals surface area (Å²) in [6.07, 6.45) is 3.77. The fourth-order valence-electron chi connectivity index (χ4n) is 6.94. The maximum absolute atomic E-state index is 14.8. The molecule has 0 N–H and O–H groups in total. The number of methoxy groups -OCH3 is 2. The Hall–Kier alpha value is -4.20. The van der Waals surface area contributed by atoms with Crippen molar-refractivity contribution in [2.45, 2.75) is 18.0 Å². The van der Waals surface area contributed by atoms with Crippen LogP contribution in [0.3, 0.4) is 0 Å². The SMILES string of the molecule is COc1ccc(OC)c([C@H]2[C@H](C(=O)c3cccs3)N3c4ccc(Cl)cc4C=C[C@H]3C23C(=O)c2ccccc2C3=O)c1. The highest BCUT2D eigenvalue weighted by molar-refractivity contribution is 7.12. The van der Waals surface area contributed by atoms with E-state index in [1.807, 2.05) is 40.6 Å². The fraction of sp³-hybridized carbons (Fsp3) is 0.182. The second-order valence-electron chi connectivity index (χ2n) is 10.4. The number of hydrogen-bond donors (Lipinski definition) is 0. The van der Waals surface area contributed by atoms with Crippen LogP contribution >= 0.6 is 22.9 Å². The van der Waals surface area contributed by atoms with Crippen LogP contribution in [-0.4, -0.2) is 43.7 Å². The number of anilines is 1. The number of thiophene rings is 1. The molecule has 3 aliphatic rings. The summed E-state index contributed by atoms with van der Waals surface area (Å²) in [5.41, 5.74) is 1.20. The number of carbonyl (C=O) groups excluding carboxylic acids is 3. The standard InChI is InChI=1S/C33H24ClNO5S/c1-39-20-11-13-25(40-2)23(17-20)28-29(30(36)26-8-5-15-41-26)35-24-12-10-19(34)16-18(24)9-14-27(35)33(28)31(37)21-6-3-4-7-22(21)32(33)38/h3-17,27-29H,1-2H3/t27-,28-,29+/m0/s1. The highest BCUT2D eigenvalue weighted by Gasteiger charge is 2.72. The minimum absolute atomic E-state index is 0.176. The zero-order valence-electron chi connectivity index (χ0n) is 22.2. The molecular weight excluding hydrogens is 558 g/mol. The molecule has 0 saturated carbocycles. The lowest BCUT2D eigenvalue weighted by Gasteiger charge is -2.37. The Balaban J connectivity index is 1.59. The lowest BCUT2D eigenvalue weighted by Crippen LogP contribution is -2.48. The Bertz CT molecular complexity index is 1740. The molecule has 41 heavy (non-hydrogen) atoms. The molecule has 1 saturated heterocycles. The van der Waals surface area contributed by atoms with Crippen LogP contribution in [0.2, 0.25) is 5.02 Å². The van der Waals surface area contributed by atoms with Gasteiger partial charge in [-0.15, -0.1) is 11.3 Å². The summed E-state index contributed by atoms with van der Waals surface area (Å²) in [6, 6.07) is 19.6. The number of carbonyl (C=O) groups is 3. The average molecular weight is 582 g/mol. The molecule has 1 aliphatic carbocycles. The minimum atomic E-state index is -1.63. The van der Waals surface area contributed by atoms with Gasteiger partial charge in [-0.3, -0.25) is 14.4 Å². The van der Waals surface area contributed by atoms with Gasteiger partial charge in [0.05, 0.1) is 25.1 Å². The summed E-state index contributed by atoms with van der Waals surface area (Å²) in [6.45, 7) is 0. The van der Waals surface area contributed by atoms with Gasteiger partial charge in [-0.25, -0.2) is 0 Å². The molecule has 2 aliphatic heterocycles. The van der Waals surface area contributed by atoms with E-state index in [9.17, 15) is 14.4 Å². The molecule has 4 aromatic rings. The van der Waals surface area contributed by atoms with Crippen molar-refractivity contribution in [3.8, 4) is 11.5 Å². The van der Waals surface area contributed by atoms with E-state index in [2.05, 4.69) is 0 Å². The zero-order valence-corrected chi connectivity index (χ0v) is 23.7. The van der Waals surface area contributed by atoms with Crippen molar-refractivity contribution in [1.29, 1.82) is 0 Å². The van der Waals surface area contributed by atoms with E-state index in [1.165, 1.54) is 11.3 Å². The van der Waals surface area contributed by atoms with Gasteiger partial charge in [-0.2, -0.15) is 0 Å². The van der Waals surface area contributed by atoms with Gasteiger partial charge in [0.15, 0.2) is 17.3 Å². The molecule has 8 heteroatoms. The summed E-state index contributed by atoms with van der Waals surface area (Å²) >= 11 is 7.70. The van der Waals surface area contributed by atoms with Crippen LogP contribution in [0.1, 0.15) is 47.4 Å². The largest absolute Gasteiger partial charge is 0.497 e. The molecule has 1 fully saturated rings. The van der Waals surface area contributed by atoms with Crippen molar-refractivity contribution in [3.05, 3.63) is 116 Å². The number of fused-ring (bicyclic) bond motifs is 5. The first-order valence-corrected chi connectivity index (χ1v) is 14.4. The van der Waals surface area contributed by atoms with Crippen LogP contribution in [0.4, 0.5) is 5.69 Å². The molecule has 0 bridgehead atoms. The van der Waals surface area contributed by atoms with Crippen LogP contribution in [0.15, 0.2) is 84.3 Å². The highest BCUT2D eigenvalue weighted by Crippen LogP contribution is 2.62. The third-order valence-corrected chi connectivity index (χ3v) is 9.69. The van der Waals surface area contributed by atoms with E-state index in [-0.39, 0.29) is 17.3 Å². The Kier molecular flexibility index (Phi) is 5.92. The smallest absolute Gasteiger partial charge is 0.195 e. The number of hydrogen-bond acceptors (Lipinski definition) is 7. The first-order valence-electron chi connectivity index (χ1n) is 13.2. The third-order valence-electron chi connectivity index (χ3n) is 8.57. The van der Waals surface area contributed by atoms with Crippen LogP contribution < -0.4 is 14.4 Å².